The summed E-state index contributed by atoms with van der Waals surface area (Å²) >= 11 is 7.64. The number of nitrogens with one attached hydrogen (secondary N) is 1. The van der Waals surface area contributed by atoms with Crippen LogP contribution in [0.5, 0.6) is 0 Å². The quantitative estimate of drug-likeness (QED) is 0.542. The van der Waals surface area contributed by atoms with E-state index in [2.05, 4.69) is 14.8 Å². The molecule has 1 unspecified atom stereocenters. The van der Waals surface area contributed by atoms with Crippen molar-refractivity contribution in [3.63, 3.8) is 0 Å². The maximum absolute atomic E-state index is 12.3. The minimum atomic E-state index is -0.997. The molecule has 0 spiro atoms. The molecule has 1 aliphatic carbocycles. The molecule has 0 amide bonds. The predicted molar refractivity (Wildman–Crippen MR) is 106 cm³/mol. The van der Waals surface area contributed by atoms with E-state index >= 15 is 0 Å². The lowest BCUT2D eigenvalue weighted by molar-refractivity contribution is -0.117. The number of nitriles is 1. The van der Waals surface area contributed by atoms with Crippen molar-refractivity contribution >= 4 is 34.9 Å². The molecule has 1 atom stereocenters. The maximum atomic E-state index is 12.3. The number of hydrogen-bond donors (Lipinski definition) is 1. The maximum Gasteiger partial charge on any atom is 0.192 e. The normalized spacial score (nSPS) is 15.4. The fourth-order valence-electron chi connectivity index (χ4n) is 3.32. The molecule has 3 rings (SSSR count). The Labute approximate surface area is 167 Å². The first kappa shape index (κ1) is 19.6. The highest BCUT2D eigenvalue weighted by molar-refractivity contribution is 7.99. The largest absolute Gasteiger partial charge is 0.308 e. The van der Waals surface area contributed by atoms with E-state index in [4.69, 9.17) is 22.3 Å². The van der Waals surface area contributed by atoms with E-state index in [0.717, 1.165) is 31.2 Å². The topological polar surface area (TPSA) is 95.4 Å². The van der Waals surface area contributed by atoms with Crippen molar-refractivity contribution in [2.45, 2.75) is 43.8 Å². The molecule has 8 heteroatoms. The predicted octanol–water partition coefficient (Wildman–Crippen LogP) is 4.55. The average molecular weight is 402 g/mol. The van der Waals surface area contributed by atoms with E-state index in [0.29, 0.717) is 16.0 Å². The molecule has 0 radical (unpaired) electrons. The number of halogens is 1. The van der Waals surface area contributed by atoms with E-state index in [9.17, 15) is 4.79 Å². The molecule has 1 saturated carbocycles. The molecule has 0 saturated heterocycles. The fourth-order valence-corrected chi connectivity index (χ4v) is 4.45. The van der Waals surface area contributed by atoms with Gasteiger partial charge in [-0.05, 0) is 31.9 Å². The Bertz CT molecular complexity index is 898. The number of thioether (sulfide) groups is 1. The fraction of sp³-hybridized carbons (Fsp3) is 0.421. The molecule has 1 fully saturated rings. The Hall–Kier alpha value is -2.17. The van der Waals surface area contributed by atoms with Gasteiger partial charge in [0.25, 0.3) is 0 Å². The molecule has 1 N–H and O–H groups in total. The summed E-state index contributed by atoms with van der Waals surface area (Å²) in [7, 11) is 0. The molecular formula is C19H20ClN5OS. The van der Waals surface area contributed by atoms with Crippen molar-refractivity contribution in [1.82, 2.24) is 14.8 Å². The highest BCUT2D eigenvalue weighted by Gasteiger charge is 2.27. The number of Topliss-reactive ketones (excluding diaryl/α,β-unsaturated/α-hetero) is 1. The lowest BCUT2D eigenvalue weighted by Crippen LogP contribution is -2.21. The summed E-state index contributed by atoms with van der Waals surface area (Å²) in [5.41, 5.74) is 0.888. The summed E-state index contributed by atoms with van der Waals surface area (Å²) in [6.07, 6.45) is 4.38. The van der Waals surface area contributed by atoms with Crippen LogP contribution in [0.3, 0.4) is 0 Å². The summed E-state index contributed by atoms with van der Waals surface area (Å²) in [4.78, 5) is 12.3. The summed E-state index contributed by atoms with van der Waals surface area (Å²) in [6, 6.07) is 9.70. The number of carbonyl (C=O) groups is 1. The van der Waals surface area contributed by atoms with E-state index in [1.54, 1.807) is 0 Å². The molecule has 1 aliphatic rings. The average Bonchev–Trinajstić information content (AvgIpc) is 3.30. The van der Waals surface area contributed by atoms with Crippen molar-refractivity contribution in [2.24, 2.45) is 5.92 Å². The van der Waals surface area contributed by atoms with Crippen LogP contribution in [0.25, 0.3) is 11.4 Å². The van der Waals surface area contributed by atoms with Crippen molar-refractivity contribution in [3.05, 3.63) is 29.3 Å². The molecule has 27 heavy (non-hydrogen) atoms. The highest BCUT2D eigenvalue weighted by atomic mass is 35.5. The lowest BCUT2D eigenvalue weighted by atomic mass is 10.0. The van der Waals surface area contributed by atoms with Gasteiger partial charge in [-0.3, -0.25) is 9.36 Å². The Morgan fingerprint density at radius 2 is 2.11 bits per heavy atom. The van der Waals surface area contributed by atoms with Crippen LogP contribution in [0.2, 0.25) is 5.02 Å². The van der Waals surface area contributed by atoms with Gasteiger partial charge in [-0.15, -0.1) is 10.2 Å². The number of benzene rings is 1. The zero-order valence-corrected chi connectivity index (χ0v) is 16.6. The van der Waals surface area contributed by atoms with Crippen LogP contribution in [0.1, 0.15) is 38.6 Å². The molecule has 0 bridgehead atoms. The Kier molecular flexibility index (Phi) is 6.30. The van der Waals surface area contributed by atoms with Crippen LogP contribution in [0, 0.1) is 22.7 Å². The van der Waals surface area contributed by atoms with Crippen LogP contribution < -0.4 is 0 Å². The summed E-state index contributed by atoms with van der Waals surface area (Å²) in [6.45, 7) is 1.48. The van der Waals surface area contributed by atoms with Gasteiger partial charge in [0.05, 0.1) is 16.8 Å². The third kappa shape index (κ3) is 4.23. The van der Waals surface area contributed by atoms with E-state index in [-0.39, 0.29) is 23.3 Å². The van der Waals surface area contributed by atoms with Crippen molar-refractivity contribution in [1.29, 1.82) is 10.7 Å². The van der Waals surface area contributed by atoms with Crippen LogP contribution in [0.15, 0.2) is 29.4 Å². The van der Waals surface area contributed by atoms with Gasteiger partial charge in [0.1, 0.15) is 5.92 Å². The van der Waals surface area contributed by atoms with Crippen LogP contribution in [-0.4, -0.2) is 32.0 Å². The first-order valence-electron chi connectivity index (χ1n) is 8.83. The SMILES string of the molecule is CC(=N)C(C#N)C(=O)CSc1nnc(-c2ccccc2Cl)n1C1CCCC1. The van der Waals surface area contributed by atoms with E-state index in [1.807, 2.05) is 30.3 Å². The smallest absolute Gasteiger partial charge is 0.192 e. The second-order valence-electron chi connectivity index (χ2n) is 6.59. The monoisotopic (exact) mass is 401 g/mol. The molecule has 1 aromatic carbocycles. The number of rotatable bonds is 7. The van der Waals surface area contributed by atoms with Gasteiger partial charge >= 0.3 is 0 Å². The number of carbonyl (C=O) groups excluding carboxylic acids is 1. The van der Waals surface area contributed by atoms with Crippen molar-refractivity contribution in [2.75, 3.05) is 5.75 Å². The van der Waals surface area contributed by atoms with Gasteiger partial charge in [-0.2, -0.15) is 5.26 Å². The zero-order chi connectivity index (χ0) is 19.4. The summed E-state index contributed by atoms with van der Waals surface area (Å²) in [5, 5.41) is 26.6. The Morgan fingerprint density at radius 3 is 2.74 bits per heavy atom. The molecular weight excluding hydrogens is 382 g/mol. The highest BCUT2D eigenvalue weighted by Crippen LogP contribution is 2.38. The van der Waals surface area contributed by atoms with Gasteiger partial charge in [0.2, 0.25) is 0 Å². The zero-order valence-electron chi connectivity index (χ0n) is 15.0. The van der Waals surface area contributed by atoms with Gasteiger partial charge < -0.3 is 5.41 Å². The standard InChI is InChI=1S/C19H20ClN5OS/c1-12(22)15(10-21)17(26)11-27-19-24-23-18(14-8-4-5-9-16(14)20)25(19)13-6-2-3-7-13/h4-5,8-9,13,15,22H,2-3,6-7,11H2,1H3. The van der Waals surface area contributed by atoms with Gasteiger partial charge in [0, 0.05) is 17.3 Å². The minimum Gasteiger partial charge on any atom is -0.308 e. The van der Waals surface area contributed by atoms with Crippen molar-refractivity contribution in [3.8, 4) is 17.5 Å². The first-order chi connectivity index (χ1) is 13.0. The third-order valence-electron chi connectivity index (χ3n) is 4.70. The molecule has 2 aromatic rings. The second-order valence-corrected chi connectivity index (χ2v) is 7.94. The molecule has 1 heterocycles. The number of ketones is 1. The van der Waals surface area contributed by atoms with Gasteiger partial charge in [-0.1, -0.05) is 48.3 Å². The summed E-state index contributed by atoms with van der Waals surface area (Å²) < 4.78 is 2.09. The second kappa shape index (κ2) is 8.68. The summed E-state index contributed by atoms with van der Waals surface area (Å²) in [5.74, 6) is -0.483. The lowest BCUT2D eigenvalue weighted by Gasteiger charge is -2.17. The molecule has 0 aliphatic heterocycles. The van der Waals surface area contributed by atoms with Gasteiger partial charge in [-0.25, -0.2) is 0 Å². The minimum absolute atomic E-state index is 0.0668. The Morgan fingerprint density at radius 1 is 1.41 bits per heavy atom. The van der Waals surface area contributed by atoms with Crippen molar-refractivity contribution < 1.29 is 4.79 Å². The number of hydrogen-bond acceptors (Lipinski definition) is 6. The number of aromatic nitrogens is 3. The van der Waals surface area contributed by atoms with E-state index < -0.39 is 5.92 Å². The van der Waals surface area contributed by atoms with E-state index in [1.165, 1.54) is 18.7 Å². The Balaban J connectivity index is 1.90. The third-order valence-corrected chi connectivity index (χ3v) is 5.99. The number of nitrogens with zero attached hydrogens (tertiary/aromatic N) is 4. The van der Waals surface area contributed by atoms with Crippen LogP contribution >= 0.6 is 23.4 Å². The van der Waals surface area contributed by atoms with Crippen LogP contribution in [-0.2, 0) is 4.79 Å². The molecule has 140 valence electrons. The molecule has 6 nitrogen and oxygen atoms in total. The first-order valence-corrected chi connectivity index (χ1v) is 10.2. The molecule has 1 aromatic heterocycles. The van der Waals surface area contributed by atoms with Crippen LogP contribution in [0.4, 0.5) is 0 Å². The van der Waals surface area contributed by atoms with Gasteiger partial charge in [0.15, 0.2) is 16.8 Å².